The molecule has 1 aromatic rings. The lowest BCUT2D eigenvalue weighted by Gasteiger charge is -1.96. The molecule has 0 atom stereocenters. The van der Waals surface area contributed by atoms with Gasteiger partial charge in [0, 0.05) is 0 Å². The van der Waals surface area contributed by atoms with E-state index in [0.717, 1.165) is 11.3 Å². The maximum Gasteiger partial charge on any atom is 0.353 e. The summed E-state index contributed by atoms with van der Waals surface area (Å²) in [6, 6.07) is 0. The van der Waals surface area contributed by atoms with Crippen LogP contribution in [0.15, 0.2) is 0 Å². The van der Waals surface area contributed by atoms with Gasteiger partial charge in [0.25, 0.3) is 0 Å². The summed E-state index contributed by atoms with van der Waals surface area (Å²) >= 11 is 1.04. The highest BCUT2D eigenvalue weighted by atomic mass is 32.1. The normalized spacial score (nSPS) is 9.50. The molecule has 0 radical (unpaired) electrons. The van der Waals surface area contributed by atoms with Gasteiger partial charge in [-0.1, -0.05) is 11.3 Å². The standard InChI is InChI=1S/C6H8N2O3S/c1-10-4-3(5(9)11-2)12-6(7)8-4/h1-2H3,(H2,7,8). The number of thiazole rings is 1. The lowest BCUT2D eigenvalue weighted by Crippen LogP contribution is -2.00. The minimum Gasteiger partial charge on any atom is -0.480 e. The van der Waals surface area contributed by atoms with E-state index in [4.69, 9.17) is 10.5 Å². The molecule has 1 heterocycles. The van der Waals surface area contributed by atoms with Gasteiger partial charge in [0.15, 0.2) is 10.0 Å². The molecule has 1 aromatic heterocycles. The Morgan fingerprint density at radius 2 is 2.25 bits per heavy atom. The smallest absolute Gasteiger partial charge is 0.353 e. The van der Waals surface area contributed by atoms with Crippen LogP contribution in [0.3, 0.4) is 0 Å². The first-order chi connectivity index (χ1) is 5.69. The second-order valence-electron chi connectivity index (χ2n) is 1.88. The van der Waals surface area contributed by atoms with Crippen LogP contribution in [0.1, 0.15) is 9.67 Å². The maximum atomic E-state index is 11.0. The zero-order chi connectivity index (χ0) is 9.14. The van der Waals surface area contributed by atoms with E-state index >= 15 is 0 Å². The van der Waals surface area contributed by atoms with E-state index in [0.29, 0.717) is 0 Å². The number of hydrogen-bond donors (Lipinski definition) is 1. The number of carbonyl (C=O) groups is 1. The van der Waals surface area contributed by atoms with Crippen molar-refractivity contribution in [2.24, 2.45) is 0 Å². The van der Waals surface area contributed by atoms with Gasteiger partial charge < -0.3 is 15.2 Å². The molecule has 0 aliphatic heterocycles. The van der Waals surface area contributed by atoms with Crippen LogP contribution in [0, 0.1) is 0 Å². The van der Waals surface area contributed by atoms with E-state index < -0.39 is 5.97 Å². The highest BCUT2D eigenvalue weighted by Crippen LogP contribution is 2.26. The Bertz CT molecular complexity index is 297. The summed E-state index contributed by atoms with van der Waals surface area (Å²) < 4.78 is 9.30. The molecular weight excluding hydrogens is 180 g/mol. The quantitative estimate of drug-likeness (QED) is 0.685. The van der Waals surface area contributed by atoms with Gasteiger partial charge in [-0.3, -0.25) is 0 Å². The van der Waals surface area contributed by atoms with Crippen molar-refractivity contribution in [1.29, 1.82) is 0 Å². The highest BCUT2D eigenvalue weighted by Gasteiger charge is 2.17. The zero-order valence-corrected chi connectivity index (χ0v) is 7.47. The monoisotopic (exact) mass is 188 g/mol. The summed E-state index contributed by atoms with van der Waals surface area (Å²) in [5.74, 6) is -0.273. The predicted octanol–water partition coefficient (Wildman–Crippen LogP) is 0.520. The highest BCUT2D eigenvalue weighted by molar-refractivity contribution is 7.17. The van der Waals surface area contributed by atoms with Crippen LogP contribution in [0.25, 0.3) is 0 Å². The van der Waals surface area contributed by atoms with Gasteiger partial charge in [0.2, 0.25) is 5.88 Å². The van der Waals surface area contributed by atoms with E-state index in [9.17, 15) is 4.79 Å². The van der Waals surface area contributed by atoms with Gasteiger partial charge in [-0.25, -0.2) is 4.79 Å². The minimum absolute atomic E-state index is 0.212. The second kappa shape index (κ2) is 3.40. The molecule has 1 rings (SSSR count). The number of carbonyl (C=O) groups excluding carboxylic acids is 1. The Balaban J connectivity index is 3.04. The Kier molecular flexibility index (Phi) is 2.49. The van der Waals surface area contributed by atoms with Crippen LogP contribution >= 0.6 is 11.3 Å². The van der Waals surface area contributed by atoms with Crippen molar-refractivity contribution in [3.05, 3.63) is 4.88 Å². The SMILES string of the molecule is COC(=O)c1sc(N)nc1OC. The molecule has 0 aliphatic rings. The van der Waals surface area contributed by atoms with Gasteiger partial charge in [0.1, 0.15) is 0 Å². The van der Waals surface area contributed by atoms with Crippen molar-refractivity contribution in [3.8, 4) is 5.88 Å². The van der Waals surface area contributed by atoms with Gasteiger partial charge >= 0.3 is 5.97 Å². The van der Waals surface area contributed by atoms with Crippen LogP contribution in [0.5, 0.6) is 5.88 Å². The number of nitrogen functional groups attached to an aromatic ring is 1. The first-order valence-corrected chi connectivity index (χ1v) is 3.89. The molecule has 12 heavy (non-hydrogen) atoms. The Labute approximate surface area is 73.1 Å². The fourth-order valence-corrected chi connectivity index (χ4v) is 1.40. The maximum absolute atomic E-state index is 11.0. The molecule has 0 bridgehead atoms. The van der Waals surface area contributed by atoms with Crippen LogP contribution in [0.2, 0.25) is 0 Å². The third-order valence-corrected chi connectivity index (χ3v) is 2.02. The molecule has 0 saturated heterocycles. The number of nitrogens with zero attached hydrogens (tertiary/aromatic N) is 1. The first-order valence-electron chi connectivity index (χ1n) is 3.07. The number of esters is 1. The van der Waals surface area contributed by atoms with Gasteiger partial charge in [0.05, 0.1) is 14.2 Å². The van der Waals surface area contributed by atoms with Gasteiger partial charge in [-0.15, -0.1) is 0 Å². The van der Waals surface area contributed by atoms with Crippen molar-refractivity contribution in [3.63, 3.8) is 0 Å². The summed E-state index contributed by atoms with van der Waals surface area (Å²) in [5, 5.41) is 0.284. The lowest BCUT2D eigenvalue weighted by atomic mass is 10.5. The van der Waals surface area contributed by atoms with Crippen LogP contribution < -0.4 is 10.5 Å². The van der Waals surface area contributed by atoms with E-state index in [1.807, 2.05) is 0 Å². The summed E-state index contributed by atoms with van der Waals surface area (Å²) in [7, 11) is 2.71. The Morgan fingerprint density at radius 1 is 1.58 bits per heavy atom. The van der Waals surface area contributed by atoms with E-state index in [-0.39, 0.29) is 15.9 Å². The van der Waals surface area contributed by atoms with Gasteiger partial charge in [-0.05, 0) is 0 Å². The molecule has 0 aliphatic carbocycles. The van der Waals surface area contributed by atoms with Crippen molar-refractivity contribution in [2.75, 3.05) is 20.0 Å². The third kappa shape index (κ3) is 1.48. The average Bonchev–Trinajstić information content (AvgIpc) is 2.45. The second-order valence-corrected chi connectivity index (χ2v) is 2.91. The zero-order valence-electron chi connectivity index (χ0n) is 6.66. The minimum atomic E-state index is -0.485. The number of methoxy groups -OCH3 is 2. The number of nitrogens with two attached hydrogens (primary N) is 1. The average molecular weight is 188 g/mol. The number of anilines is 1. The number of rotatable bonds is 2. The lowest BCUT2D eigenvalue weighted by molar-refractivity contribution is 0.0602. The van der Waals surface area contributed by atoms with Crippen LogP contribution in [0.4, 0.5) is 5.13 Å². The molecule has 0 aromatic carbocycles. The van der Waals surface area contributed by atoms with E-state index in [2.05, 4.69) is 9.72 Å². The van der Waals surface area contributed by atoms with E-state index in [1.54, 1.807) is 0 Å². The van der Waals surface area contributed by atoms with Crippen LogP contribution in [-0.4, -0.2) is 25.2 Å². The molecule has 0 spiro atoms. The van der Waals surface area contributed by atoms with Gasteiger partial charge in [-0.2, -0.15) is 4.98 Å². The third-order valence-electron chi connectivity index (χ3n) is 1.18. The molecular formula is C6H8N2O3S. The molecule has 0 fully saturated rings. The van der Waals surface area contributed by atoms with Crippen molar-refractivity contribution < 1.29 is 14.3 Å². The summed E-state index contributed by atoms with van der Waals surface area (Å²) in [6.07, 6.45) is 0. The molecule has 0 amide bonds. The molecule has 6 heteroatoms. The Hall–Kier alpha value is -1.30. The molecule has 66 valence electrons. The van der Waals surface area contributed by atoms with Crippen LogP contribution in [-0.2, 0) is 4.74 Å². The molecule has 2 N–H and O–H groups in total. The molecule has 0 unspecified atom stereocenters. The summed E-state index contributed by atoms with van der Waals surface area (Å²) in [6.45, 7) is 0. The first kappa shape index (κ1) is 8.79. The van der Waals surface area contributed by atoms with Crippen molar-refractivity contribution >= 4 is 22.4 Å². The van der Waals surface area contributed by atoms with Crippen molar-refractivity contribution in [2.45, 2.75) is 0 Å². The number of ether oxygens (including phenoxy) is 2. The number of hydrogen-bond acceptors (Lipinski definition) is 6. The summed E-state index contributed by atoms with van der Waals surface area (Å²) in [4.78, 5) is 15.1. The van der Waals surface area contributed by atoms with E-state index in [1.165, 1.54) is 14.2 Å². The molecule has 0 saturated carbocycles. The fourth-order valence-electron chi connectivity index (χ4n) is 0.682. The van der Waals surface area contributed by atoms with Crippen molar-refractivity contribution in [1.82, 2.24) is 4.98 Å². The topological polar surface area (TPSA) is 74.4 Å². The molecule has 5 nitrogen and oxygen atoms in total. The fraction of sp³-hybridized carbons (Fsp3) is 0.333. The summed E-state index contributed by atoms with van der Waals surface area (Å²) in [5.41, 5.74) is 5.37. The Morgan fingerprint density at radius 3 is 2.75 bits per heavy atom. The largest absolute Gasteiger partial charge is 0.480 e. The number of aromatic nitrogens is 1. The predicted molar refractivity (Wildman–Crippen MR) is 44.4 cm³/mol.